The van der Waals surface area contributed by atoms with Gasteiger partial charge in [-0.2, -0.15) is 0 Å². The van der Waals surface area contributed by atoms with Gasteiger partial charge in [0.1, 0.15) is 11.2 Å². The molecule has 0 aromatic heterocycles. The monoisotopic (exact) mass is 172 g/mol. The Morgan fingerprint density at radius 3 is 1.50 bits per heavy atom. The summed E-state index contributed by atoms with van der Waals surface area (Å²) >= 11 is 0. The summed E-state index contributed by atoms with van der Waals surface area (Å²) in [5.74, 6) is 0. The predicted molar refractivity (Wildman–Crippen MR) is 38.6 cm³/mol. The minimum Gasteiger partial charge on any atom is -0.390 e. The Morgan fingerprint density at radius 2 is 1.25 bits per heavy atom. The van der Waals surface area contributed by atoms with E-state index in [-0.39, 0.29) is 0 Å². The molecule has 2 unspecified atom stereocenters. The van der Waals surface area contributed by atoms with E-state index in [2.05, 4.69) is 0 Å². The predicted octanol–water partition coefficient (Wildman–Crippen LogP) is -0.960. The molecule has 2 spiro atoms. The van der Waals surface area contributed by atoms with Gasteiger partial charge in [-0.05, 0) is 0 Å². The third-order valence-electron chi connectivity index (χ3n) is 3.32. The molecule has 1 saturated carbocycles. The fraction of sp³-hybridized carbons (Fsp3) is 1.00. The molecule has 68 valence electrons. The second-order valence-electron chi connectivity index (χ2n) is 4.15. The van der Waals surface area contributed by atoms with Crippen molar-refractivity contribution < 1.29 is 19.7 Å². The van der Waals surface area contributed by atoms with Crippen LogP contribution in [0.5, 0.6) is 0 Å². The highest BCUT2D eigenvalue weighted by Crippen LogP contribution is 2.51. The van der Waals surface area contributed by atoms with Crippen LogP contribution < -0.4 is 0 Å². The number of hydrogen-bond acceptors (Lipinski definition) is 4. The summed E-state index contributed by atoms with van der Waals surface area (Å²) in [4.78, 5) is 0. The van der Waals surface area contributed by atoms with Crippen LogP contribution >= 0.6 is 0 Å². The average Bonchev–Trinajstić information content (AvgIpc) is 2.82. The maximum Gasteiger partial charge on any atom is 0.120 e. The standard InChI is InChI=1S/C8H12O4/c9-5-1-7(3-11-7)6(10)2-8(5)4-12-8/h5-6,9-10H,1-4H2/t5-,6+,7?,8?. The van der Waals surface area contributed by atoms with E-state index in [1.807, 2.05) is 0 Å². The lowest BCUT2D eigenvalue weighted by atomic mass is 9.78. The summed E-state index contributed by atoms with van der Waals surface area (Å²) in [7, 11) is 0. The zero-order valence-electron chi connectivity index (χ0n) is 6.69. The maximum absolute atomic E-state index is 9.68. The van der Waals surface area contributed by atoms with Crippen LogP contribution in [0, 0.1) is 0 Å². The Morgan fingerprint density at radius 1 is 0.917 bits per heavy atom. The van der Waals surface area contributed by atoms with Crippen molar-refractivity contribution in [2.45, 2.75) is 36.3 Å². The fourth-order valence-electron chi connectivity index (χ4n) is 2.10. The van der Waals surface area contributed by atoms with Crippen molar-refractivity contribution in [1.82, 2.24) is 0 Å². The summed E-state index contributed by atoms with van der Waals surface area (Å²) in [5, 5.41) is 19.4. The summed E-state index contributed by atoms with van der Waals surface area (Å²) < 4.78 is 10.4. The number of epoxide rings is 2. The van der Waals surface area contributed by atoms with Crippen molar-refractivity contribution in [2.75, 3.05) is 13.2 Å². The molecule has 2 N–H and O–H groups in total. The van der Waals surface area contributed by atoms with Gasteiger partial charge in [0.25, 0.3) is 0 Å². The van der Waals surface area contributed by atoms with Crippen LogP contribution in [0.15, 0.2) is 0 Å². The average molecular weight is 172 g/mol. The van der Waals surface area contributed by atoms with Crippen molar-refractivity contribution in [2.24, 2.45) is 0 Å². The SMILES string of the molecule is O[C@@H]1CC2(CO2)[C@@H](O)CC12CO2. The molecule has 0 aromatic carbocycles. The molecule has 3 aliphatic rings. The normalized spacial score (nSPS) is 62.5. The number of aliphatic hydroxyl groups excluding tert-OH is 2. The van der Waals surface area contributed by atoms with Gasteiger partial charge in [-0.3, -0.25) is 0 Å². The first kappa shape index (κ1) is 7.26. The van der Waals surface area contributed by atoms with Crippen LogP contribution in [-0.2, 0) is 9.47 Å². The molecule has 0 radical (unpaired) electrons. The third-order valence-corrected chi connectivity index (χ3v) is 3.32. The van der Waals surface area contributed by atoms with Gasteiger partial charge in [-0.1, -0.05) is 0 Å². The first-order valence-corrected chi connectivity index (χ1v) is 4.31. The van der Waals surface area contributed by atoms with Gasteiger partial charge < -0.3 is 19.7 Å². The highest BCUT2D eigenvalue weighted by molar-refractivity contribution is 5.15. The lowest BCUT2D eigenvalue weighted by Gasteiger charge is -2.33. The molecule has 12 heavy (non-hydrogen) atoms. The molecule has 4 atom stereocenters. The Kier molecular flexibility index (Phi) is 1.12. The Bertz CT molecular complexity index is 195. The van der Waals surface area contributed by atoms with Gasteiger partial charge in [0.05, 0.1) is 25.4 Å². The minimum absolute atomic E-state index is 0.420. The molecular formula is C8H12O4. The molecule has 0 amide bonds. The van der Waals surface area contributed by atoms with Gasteiger partial charge >= 0.3 is 0 Å². The Balaban J connectivity index is 1.83. The van der Waals surface area contributed by atoms with E-state index in [1.54, 1.807) is 0 Å². The Hall–Kier alpha value is -0.160. The van der Waals surface area contributed by atoms with E-state index in [9.17, 15) is 10.2 Å². The van der Waals surface area contributed by atoms with Gasteiger partial charge in [0.15, 0.2) is 0 Å². The largest absolute Gasteiger partial charge is 0.390 e. The second kappa shape index (κ2) is 1.85. The maximum atomic E-state index is 9.68. The Labute approximate surface area is 70.1 Å². The fourth-order valence-corrected chi connectivity index (χ4v) is 2.10. The second-order valence-corrected chi connectivity index (χ2v) is 4.15. The molecule has 0 aromatic rings. The number of ether oxygens (including phenoxy) is 2. The molecule has 2 saturated heterocycles. The smallest absolute Gasteiger partial charge is 0.120 e. The highest BCUT2D eigenvalue weighted by atomic mass is 16.6. The van der Waals surface area contributed by atoms with Crippen LogP contribution in [0.3, 0.4) is 0 Å². The van der Waals surface area contributed by atoms with E-state index in [0.717, 1.165) is 0 Å². The lowest BCUT2D eigenvalue weighted by Crippen LogP contribution is -2.49. The van der Waals surface area contributed by atoms with E-state index in [0.29, 0.717) is 26.1 Å². The molecule has 1 aliphatic carbocycles. The zero-order chi connectivity index (χ0) is 8.40. The molecule has 2 aliphatic heterocycles. The molecular weight excluding hydrogens is 160 g/mol. The summed E-state index contributed by atoms with van der Waals surface area (Å²) in [6.07, 6.45) is 0.134. The molecule has 2 heterocycles. The summed E-state index contributed by atoms with van der Waals surface area (Å²) in [6.45, 7) is 1.17. The first-order chi connectivity index (χ1) is 5.67. The van der Waals surface area contributed by atoms with Crippen LogP contribution in [-0.4, -0.2) is 46.8 Å². The minimum atomic E-state index is -0.455. The van der Waals surface area contributed by atoms with Crippen molar-refractivity contribution in [3.63, 3.8) is 0 Å². The van der Waals surface area contributed by atoms with Crippen LogP contribution in [0.25, 0.3) is 0 Å². The number of rotatable bonds is 0. The van der Waals surface area contributed by atoms with Crippen molar-refractivity contribution >= 4 is 0 Å². The number of hydrogen-bond donors (Lipinski definition) is 2. The molecule has 3 rings (SSSR count). The summed E-state index contributed by atoms with van der Waals surface area (Å²) in [5.41, 5.74) is -0.840. The van der Waals surface area contributed by atoms with Gasteiger partial charge in [0.2, 0.25) is 0 Å². The topological polar surface area (TPSA) is 65.5 Å². The van der Waals surface area contributed by atoms with Crippen LogP contribution in [0.1, 0.15) is 12.8 Å². The van der Waals surface area contributed by atoms with Gasteiger partial charge in [-0.15, -0.1) is 0 Å². The molecule has 4 heteroatoms. The zero-order valence-corrected chi connectivity index (χ0v) is 6.69. The van der Waals surface area contributed by atoms with E-state index >= 15 is 0 Å². The van der Waals surface area contributed by atoms with E-state index < -0.39 is 23.4 Å². The summed E-state index contributed by atoms with van der Waals surface area (Å²) in [6, 6.07) is 0. The van der Waals surface area contributed by atoms with Crippen molar-refractivity contribution in [1.29, 1.82) is 0 Å². The van der Waals surface area contributed by atoms with Gasteiger partial charge in [0, 0.05) is 12.8 Å². The first-order valence-electron chi connectivity index (χ1n) is 4.31. The molecule has 0 bridgehead atoms. The van der Waals surface area contributed by atoms with Crippen LogP contribution in [0.4, 0.5) is 0 Å². The van der Waals surface area contributed by atoms with Crippen molar-refractivity contribution in [3.05, 3.63) is 0 Å². The van der Waals surface area contributed by atoms with Gasteiger partial charge in [-0.25, -0.2) is 0 Å². The van der Waals surface area contributed by atoms with Crippen LogP contribution in [0.2, 0.25) is 0 Å². The van der Waals surface area contributed by atoms with E-state index in [1.165, 1.54) is 0 Å². The molecule has 3 fully saturated rings. The van der Waals surface area contributed by atoms with E-state index in [4.69, 9.17) is 9.47 Å². The number of aliphatic hydroxyl groups is 2. The molecule has 4 nitrogen and oxygen atoms in total. The highest BCUT2D eigenvalue weighted by Gasteiger charge is 2.66. The quantitative estimate of drug-likeness (QED) is 0.462. The van der Waals surface area contributed by atoms with Crippen molar-refractivity contribution in [3.8, 4) is 0 Å². The third kappa shape index (κ3) is 0.758. The lowest BCUT2D eigenvalue weighted by molar-refractivity contribution is -0.0597.